The zero-order valence-corrected chi connectivity index (χ0v) is 12.7. The number of thioether (sulfide) groups is 1. The van der Waals surface area contributed by atoms with E-state index in [0.29, 0.717) is 6.54 Å². The van der Waals surface area contributed by atoms with Gasteiger partial charge in [-0.25, -0.2) is 4.98 Å². The molecule has 0 atom stereocenters. The molecule has 1 heterocycles. The average Bonchev–Trinajstić information content (AvgIpc) is 2.42. The van der Waals surface area contributed by atoms with Gasteiger partial charge in [-0.3, -0.25) is 14.9 Å². The van der Waals surface area contributed by atoms with E-state index in [0.717, 1.165) is 37.3 Å². The number of hydrogen-bond acceptors (Lipinski definition) is 5. The van der Waals surface area contributed by atoms with Crippen molar-refractivity contribution in [2.24, 2.45) is 0 Å². The van der Waals surface area contributed by atoms with E-state index in [1.54, 1.807) is 11.8 Å². The molecule has 20 heavy (non-hydrogen) atoms. The molecule has 1 N–H and O–H groups in total. The van der Waals surface area contributed by atoms with Gasteiger partial charge in [-0.15, -0.1) is 0 Å². The number of amides is 1. The fraction of sp³-hybridized carbons (Fsp3) is 0.500. The maximum absolute atomic E-state index is 11.9. The first-order valence-electron chi connectivity index (χ1n) is 6.13. The van der Waals surface area contributed by atoms with Crippen LogP contribution in [0.3, 0.4) is 0 Å². The SMILES string of the molecule is CSCCCCCNC(=O)c1cc([N+](=O)[O-])cnc1Cl. The highest BCUT2D eigenvalue weighted by atomic mass is 35.5. The van der Waals surface area contributed by atoms with Crippen LogP contribution in [-0.4, -0.2) is 34.4 Å². The molecule has 0 fully saturated rings. The van der Waals surface area contributed by atoms with Crippen molar-refractivity contribution in [3.8, 4) is 0 Å². The lowest BCUT2D eigenvalue weighted by Crippen LogP contribution is -2.25. The molecule has 1 aromatic rings. The van der Waals surface area contributed by atoms with Gasteiger partial charge in [0.05, 0.1) is 10.5 Å². The number of aromatic nitrogens is 1. The molecule has 0 aliphatic carbocycles. The Labute approximate surface area is 126 Å². The summed E-state index contributed by atoms with van der Waals surface area (Å²) in [5, 5.41) is 13.3. The quantitative estimate of drug-likeness (QED) is 0.345. The van der Waals surface area contributed by atoms with Crippen molar-refractivity contribution in [3.63, 3.8) is 0 Å². The maximum Gasteiger partial charge on any atom is 0.288 e. The Bertz CT molecular complexity index is 485. The van der Waals surface area contributed by atoms with Crippen molar-refractivity contribution in [1.29, 1.82) is 0 Å². The minimum absolute atomic E-state index is 0.0320. The van der Waals surface area contributed by atoms with E-state index >= 15 is 0 Å². The number of hydrogen-bond donors (Lipinski definition) is 1. The minimum Gasteiger partial charge on any atom is -0.352 e. The Morgan fingerprint density at radius 3 is 2.90 bits per heavy atom. The van der Waals surface area contributed by atoms with Gasteiger partial charge >= 0.3 is 0 Å². The van der Waals surface area contributed by atoms with Gasteiger partial charge in [0.15, 0.2) is 0 Å². The summed E-state index contributed by atoms with van der Waals surface area (Å²) < 4.78 is 0. The third kappa shape index (κ3) is 5.34. The summed E-state index contributed by atoms with van der Waals surface area (Å²) in [6.07, 6.45) is 6.09. The van der Waals surface area contributed by atoms with Crippen LogP contribution in [0.15, 0.2) is 12.3 Å². The summed E-state index contributed by atoms with van der Waals surface area (Å²) in [5.41, 5.74) is -0.218. The van der Waals surface area contributed by atoms with E-state index in [2.05, 4.69) is 16.6 Å². The topological polar surface area (TPSA) is 85.1 Å². The lowest BCUT2D eigenvalue weighted by molar-refractivity contribution is -0.385. The average molecular weight is 318 g/mol. The molecule has 1 amide bonds. The normalized spacial score (nSPS) is 10.3. The number of nitrogens with zero attached hydrogens (tertiary/aromatic N) is 2. The van der Waals surface area contributed by atoms with Gasteiger partial charge in [0, 0.05) is 12.6 Å². The van der Waals surface area contributed by atoms with Gasteiger partial charge in [-0.1, -0.05) is 18.0 Å². The predicted octanol–water partition coefficient (Wildman–Crippen LogP) is 2.91. The van der Waals surface area contributed by atoms with Gasteiger partial charge in [0.2, 0.25) is 0 Å². The first kappa shape index (κ1) is 16.7. The van der Waals surface area contributed by atoms with Crippen LogP contribution in [0.1, 0.15) is 29.6 Å². The summed E-state index contributed by atoms with van der Waals surface area (Å²) in [5.74, 6) is 0.672. The first-order valence-corrected chi connectivity index (χ1v) is 7.90. The van der Waals surface area contributed by atoms with Gasteiger partial charge in [0.25, 0.3) is 11.6 Å². The Balaban J connectivity index is 2.50. The number of nitro groups is 1. The number of carbonyl (C=O) groups excluding carboxylic acids is 1. The molecule has 0 aliphatic rings. The third-order valence-electron chi connectivity index (χ3n) is 2.59. The number of rotatable bonds is 8. The van der Waals surface area contributed by atoms with E-state index in [1.807, 2.05) is 0 Å². The predicted molar refractivity (Wildman–Crippen MR) is 80.5 cm³/mol. The molecule has 1 aromatic heterocycles. The number of halogens is 1. The van der Waals surface area contributed by atoms with Crippen LogP contribution in [0.25, 0.3) is 0 Å². The summed E-state index contributed by atoms with van der Waals surface area (Å²) in [7, 11) is 0. The lowest BCUT2D eigenvalue weighted by atomic mass is 10.2. The highest BCUT2D eigenvalue weighted by Gasteiger charge is 2.16. The van der Waals surface area contributed by atoms with E-state index in [4.69, 9.17) is 11.6 Å². The molecular weight excluding hydrogens is 302 g/mol. The van der Waals surface area contributed by atoms with Crippen LogP contribution < -0.4 is 5.32 Å². The number of nitrogens with one attached hydrogen (secondary N) is 1. The molecule has 0 spiro atoms. The fourth-order valence-corrected chi connectivity index (χ4v) is 2.22. The van der Waals surface area contributed by atoms with E-state index in [1.165, 1.54) is 0 Å². The Morgan fingerprint density at radius 1 is 1.50 bits per heavy atom. The van der Waals surface area contributed by atoms with Crippen molar-refractivity contribution in [2.45, 2.75) is 19.3 Å². The Kier molecular flexibility index (Phi) is 7.32. The van der Waals surface area contributed by atoms with Crippen LogP contribution in [0, 0.1) is 10.1 Å². The molecular formula is C12H16ClN3O3S. The summed E-state index contributed by atoms with van der Waals surface area (Å²) in [4.78, 5) is 25.5. The van der Waals surface area contributed by atoms with Crippen LogP contribution in [0.2, 0.25) is 5.15 Å². The zero-order chi connectivity index (χ0) is 15.0. The largest absolute Gasteiger partial charge is 0.352 e. The van der Waals surface area contributed by atoms with Crippen LogP contribution in [-0.2, 0) is 0 Å². The molecule has 0 saturated carbocycles. The van der Waals surface area contributed by atoms with Crippen molar-refractivity contribution in [1.82, 2.24) is 10.3 Å². The van der Waals surface area contributed by atoms with E-state index in [9.17, 15) is 14.9 Å². The highest BCUT2D eigenvalue weighted by Crippen LogP contribution is 2.18. The van der Waals surface area contributed by atoms with Gasteiger partial charge in [-0.05, 0) is 24.9 Å². The Morgan fingerprint density at radius 2 is 2.25 bits per heavy atom. The summed E-state index contributed by atoms with van der Waals surface area (Å²) >= 11 is 7.57. The number of carbonyl (C=O) groups is 1. The van der Waals surface area contributed by atoms with Crippen molar-refractivity contribution in [3.05, 3.63) is 33.1 Å². The van der Waals surface area contributed by atoms with Crippen LogP contribution >= 0.6 is 23.4 Å². The molecule has 0 saturated heterocycles. The first-order chi connectivity index (χ1) is 9.56. The monoisotopic (exact) mass is 317 g/mol. The second-order valence-electron chi connectivity index (χ2n) is 4.10. The van der Waals surface area contributed by atoms with E-state index in [-0.39, 0.29) is 16.4 Å². The molecule has 110 valence electrons. The zero-order valence-electron chi connectivity index (χ0n) is 11.1. The third-order valence-corrected chi connectivity index (χ3v) is 3.59. The molecule has 8 heteroatoms. The summed E-state index contributed by atoms with van der Waals surface area (Å²) in [6.45, 7) is 0.520. The van der Waals surface area contributed by atoms with Crippen molar-refractivity contribution < 1.29 is 9.72 Å². The molecule has 0 radical (unpaired) electrons. The molecule has 0 bridgehead atoms. The summed E-state index contributed by atoms with van der Waals surface area (Å²) in [6, 6.07) is 1.14. The molecule has 1 rings (SSSR count). The molecule has 0 aliphatic heterocycles. The fourth-order valence-electron chi connectivity index (χ4n) is 1.54. The number of unbranched alkanes of at least 4 members (excludes halogenated alkanes) is 2. The maximum atomic E-state index is 11.9. The van der Waals surface area contributed by atoms with Crippen molar-refractivity contribution >= 4 is 35.0 Å². The van der Waals surface area contributed by atoms with Crippen LogP contribution in [0.5, 0.6) is 0 Å². The molecule has 6 nitrogen and oxygen atoms in total. The number of pyridine rings is 1. The lowest BCUT2D eigenvalue weighted by Gasteiger charge is -2.06. The van der Waals surface area contributed by atoms with Crippen molar-refractivity contribution in [2.75, 3.05) is 18.6 Å². The molecule has 0 aromatic carbocycles. The van der Waals surface area contributed by atoms with Crippen LogP contribution in [0.4, 0.5) is 5.69 Å². The standard InChI is InChI=1S/C12H16ClN3O3S/c1-20-6-4-2-3-5-14-12(17)10-7-9(16(18)19)8-15-11(10)13/h7-8H,2-6H2,1H3,(H,14,17). The van der Waals surface area contributed by atoms with Gasteiger partial charge < -0.3 is 5.32 Å². The van der Waals surface area contributed by atoms with Gasteiger partial charge in [-0.2, -0.15) is 11.8 Å². The highest BCUT2D eigenvalue weighted by molar-refractivity contribution is 7.98. The van der Waals surface area contributed by atoms with E-state index < -0.39 is 10.8 Å². The minimum atomic E-state index is -0.609. The second-order valence-corrected chi connectivity index (χ2v) is 5.44. The molecule has 0 unspecified atom stereocenters. The van der Waals surface area contributed by atoms with Gasteiger partial charge in [0.1, 0.15) is 11.3 Å². The smallest absolute Gasteiger partial charge is 0.288 e. The Hall–Kier alpha value is -1.34. The second kappa shape index (κ2) is 8.76.